The second-order valence-electron chi connectivity index (χ2n) is 2.86. The highest BCUT2D eigenvalue weighted by atomic mass is 16.6. The number of aliphatic hydroxyl groups is 3. The molecule has 1 rings (SSSR count). The van der Waals surface area contributed by atoms with Crippen molar-refractivity contribution in [3.8, 4) is 0 Å². The van der Waals surface area contributed by atoms with E-state index in [1.165, 1.54) is 0 Å². The number of aliphatic hydroxyl groups excluding tert-OH is 3. The van der Waals surface area contributed by atoms with Crippen LogP contribution in [-0.4, -0.2) is 52.5 Å². The summed E-state index contributed by atoms with van der Waals surface area (Å²) in [6, 6.07) is -0.984. The van der Waals surface area contributed by atoms with Crippen molar-refractivity contribution in [2.45, 2.75) is 30.6 Å². The Morgan fingerprint density at radius 3 is 2.25 bits per heavy atom. The molecule has 0 aromatic heterocycles. The first-order valence-electron chi connectivity index (χ1n) is 3.73. The quantitative estimate of drug-likeness (QED) is 0.287. The van der Waals surface area contributed by atoms with Gasteiger partial charge >= 0.3 is 0 Å². The Labute approximate surface area is 69.7 Å². The van der Waals surface area contributed by atoms with Gasteiger partial charge in [0.05, 0.1) is 6.04 Å². The van der Waals surface area contributed by atoms with Gasteiger partial charge in [-0.15, -0.1) is 0 Å². The monoisotopic (exact) mass is 178 g/mol. The zero-order valence-electron chi connectivity index (χ0n) is 6.50. The van der Waals surface area contributed by atoms with Crippen molar-refractivity contribution in [2.75, 3.05) is 6.54 Å². The Balaban J connectivity index is 2.63. The average molecular weight is 178 g/mol. The van der Waals surface area contributed by atoms with Gasteiger partial charge in [-0.3, -0.25) is 0 Å². The second kappa shape index (κ2) is 3.65. The summed E-state index contributed by atoms with van der Waals surface area (Å²) >= 11 is 0. The van der Waals surface area contributed by atoms with Crippen molar-refractivity contribution >= 4 is 0 Å². The molecule has 0 spiro atoms. The maximum Gasteiger partial charge on any atom is 0.172 e. The molecule has 0 saturated carbocycles. The van der Waals surface area contributed by atoms with Crippen molar-refractivity contribution < 1.29 is 20.1 Å². The summed E-state index contributed by atoms with van der Waals surface area (Å²) in [5.74, 6) is 0. The number of ether oxygens (including phenoxy) is 1. The van der Waals surface area contributed by atoms with Gasteiger partial charge in [-0.05, 0) is 0 Å². The molecule has 0 bridgehead atoms. The Morgan fingerprint density at radius 1 is 1.17 bits per heavy atom. The van der Waals surface area contributed by atoms with Crippen LogP contribution in [0.2, 0.25) is 0 Å². The van der Waals surface area contributed by atoms with Gasteiger partial charge in [0, 0.05) is 6.54 Å². The van der Waals surface area contributed by atoms with E-state index in [-0.39, 0.29) is 6.54 Å². The van der Waals surface area contributed by atoms with Gasteiger partial charge in [0.2, 0.25) is 0 Å². The van der Waals surface area contributed by atoms with Gasteiger partial charge in [-0.25, -0.2) is 0 Å². The average Bonchev–Trinajstić information content (AvgIpc) is 2.08. The fourth-order valence-corrected chi connectivity index (χ4v) is 1.16. The van der Waals surface area contributed by atoms with Gasteiger partial charge < -0.3 is 31.5 Å². The number of rotatable bonds is 1. The van der Waals surface area contributed by atoms with Crippen LogP contribution in [0.3, 0.4) is 0 Å². The van der Waals surface area contributed by atoms with E-state index in [4.69, 9.17) is 21.3 Å². The molecule has 1 saturated heterocycles. The van der Waals surface area contributed by atoms with E-state index < -0.39 is 30.6 Å². The van der Waals surface area contributed by atoms with E-state index in [1.54, 1.807) is 0 Å². The third-order valence-corrected chi connectivity index (χ3v) is 2.00. The van der Waals surface area contributed by atoms with Crippen LogP contribution in [0.1, 0.15) is 0 Å². The molecule has 1 fully saturated rings. The Morgan fingerprint density at radius 2 is 1.75 bits per heavy atom. The van der Waals surface area contributed by atoms with Gasteiger partial charge in [0.15, 0.2) is 6.29 Å². The van der Waals surface area contributed by atoms with Gasteiger partial charge in [0.25, 0.3) is 0 Å². The van der Waals surface area contributed by atoms with Crippen LogP contribution in [0.25, 0.3) is 0 Å². The van der Waals surface area contributed by atoms with Crippen molar-refractivity contribution in [2.24, 2.45) is 11.5 Å². The van der Waals surface area contributed by atoms with E-state index in [0.717, 1.165) is 0 Å². The lowest BCUT2D eigenvalue weighted by molar-refractivity contribution is -0.238. The Hall–Kier alpha value is -0.240. The molecule has 1 aliphatic rings. The number of hydrogen-bond acceptors (Lipinski definition) is 6. The largest absolute Gasteiger partial charge is 0.388 e. The van der Waals surface area contributed by atoms with Gasteiger partial charge in [-0.2, -0.15) is 0 Å². The molecule has 2 unspecified atom stereocenters. The van der Waals surface area contributed by atoms with Gasteiger partial charge in [-0.1, -0.05) is 0 Å². The zero-order chi connectivity index (χ0) is 9.30. The second-order valence-corrected chi connectivity index (χ2v) is 2.86. The molecule has 6 nitrogen and oxygen atoms in total. The van der Waals surface area contributed by atoms with E-state index in [1.807, 2.05) is 0 Å². The van der Waals surface area contributed by atoms with Crippen LogP contribution in [0.4, 0.5) is 0 Å². The molecule has 72 valence electrons. The van der Waals surface area contributed by atoms with E-state index in [2.05, 4.69) is 0 Å². The lowest BCUT2D eigenvalue weighted by Gasteiger charge is -2.38. The summed E-state index contributed by atoms with van der Waals surface area (Å²) in [7, 11) is 0. The van der Waals surface area contributed by atoms with E-state index in [9.17, 15) is 10.2 Å². The first-order valence-corrected chi connectivity index (χ1v) is 3.73. The SMILES string of the molecule is NCC1O[C@@H](O)[C@@H](N)C(O)[C@H]1O. The smallest absolute Gasteiger partial charge is 0.172 e. The van der Waals surface area contributed by atoms with Crippen molar-refractivity contribution in [3.05, 3.63) is 0 Å². The number of hydrogen-bond donors (Lipinski definition) is 5. The fourth-order valence-electron chi connectivity index (χ4n) is 1.16. The zero-order valence-corrected chi connectivity index (χ0v) is 6.50. The normalized spacial score (nSPS) is 49.2. The summed E-state index contributed by atoms with van der Waals surface area (Å²) in [5.41, 5.74) is 10.5. The molecule has 0 aliphatic carbocycles. The molecule has 1 heterocycles. The Kier molecular flexibility index (Phi) is 2.99. The molecule has 0 amide bonds. The van der Waals surface area contributed by atoms with Crippen molar-refractivity contribution in [1.29, 1.82) is 0 Å². The highest BCUT2D eigenvalue weighted by molar-refractivity contribution is 4.91. The predicted octanol–water partition coefficient (Wildman–Crippen LogP) is -3.29. The maximum atomic E-state index is 9.28. The van der Waals surface area contributed by atoms with Crippen LogP contribution in [0.5, 0.6) is 0 Å². The minimum absolute atomic E-state index is 0.0298. The molecule has 7 N–H and O–H groups in total. The molecule has 0 aromatic carbocycles. The van der Waals surface area contributed by atoms with Crippen LogP contribution in [0.15, 0.2) is 0 Å². The predicted molar refractivity (Wildman–Crippen MR) is 39.9 cm³/mol. The maximum absolute atomic E-state index is 9.28. The molecule has 1 aliphatic heterocycles. The van der Waals surface area contributed by atoms with E-state index >= 15 is 0 Å². The van der Waals surface area contributed by atoms with Crippen LogP contribution in [-0.2, 0) is 4.74 Å². The molecule has 0 radical (unpaired) electrons. The number of nitrogens with two attached hydrogens (primary N) is 2. The lowest BCUT2D eigenvalue weighted by Crippen LogP contribution is -2.62. The minimum atomic E-state index is -1.27. The van der Waals surface area contributed by atoms with Crippen molar-refractivity contribution in [3.63, 3.8) is 0 Å². The summed E-state index contributed by atoms with van der Waals surface area (Å²) in [6.45, 7) is 0.0298. The highest BCUT2D eigenvalue weighted by Crippen LogP contribution is 2.17. The van der Waals surface area contributed by atoms with Crippen LogP contribution >= 0.6 is 0 Å². The first kappa shape index (κ1) is 9.85. The van der Waals surface area contributed by atoms with Crippen LogP contribution < -0.4 is 11.5 Å². The fraction of sp³-hybridized carbons (Fsp3) is 1.00. The third-order valence-electron chi connectivity index (χ3n) is 2.00. The van der Waals surface area contributed by atoms with Gasteiger partial charge in [0.1, 0.15) is 18.3 Å². The summed E-state index contributed by atoms with van der Waals surface area (Å²) < 4.78 is 4.83. The van der Waals surface area contributed by atoms with E-state index in [0.29, 0.717) is 0 Å². The molecular formula is C6H14N2O4. The minimum Gasteiger partial charge on any atom is -0.388 e. The molecule has 0 aromatic rings. The lowest BCUT2D eigenvalue weighted by atomic mass is 9.98. The topological polar surface area (TPSA) is 122 Å². The molecular weight excluding hydrogens is 164 g/mol. The van der Waals surface area contributed by atoms with Crippen LogP contribution in [0, 0.1) is 0 Å². The van der Waals surface area contributed by atoms with Crippen molar-refractivity contribution in [1.82, 2.24) is 0 Å². The molecule has 12 heavy (non-hydrogen) atoms. The molecule has 6 heteroatoms. The third kappa shape index (κ3) is 1.58. The highest BCUT2D eigenvalue weighted by Gasteiger charge is 2.41. The Bertz CT molecular complexity index is 152. The summed E-state index contributed by atoms with van der Waals surface area (Å²) in [5, 5.41) is 27.6. The molecule has 5 atom stereocenters. The first-order chi connectivity index (χ1) is 5.57. The standard InChI is InChI=1S/C6H14N2O4/c7-1-2-4(9)5(10)3(8)6(11)12-2/h2-6,9-11H,1,7-8H2/t2?,3-,4-,5?,6+/m0/s1. The summed E-state index contributed by atoms with van der Waals surface area (Å²) in [6.07, 6.45) is -4.34. The summed E-state index contributed by atoms with van der Waals surface area (Å²) in [4.78, 5) is 0.